The minimum Gasteiger partial charge on any atom is -0.424 e. The Labute approximate surface area is 157 Å². The predicted molar refractivity (Wildman–Crippen MR) is 98.6 cm³/mol. The highest BCUT2D eigenvalue weighted by atomic mass is 16.4. The van der Waals surface area contributed by atoms with Gasteiger partial charge in [0.2, 0.25) is 11.8 Å². The molecule has 1 aliphatic heterocycles. The molecule has 4 heterocycles. The number of aromatic nitrogens is 6. The molecule has 3 aromatic rings. The van der Waals surface area contributed by atoms with Crippen LogP contribution in [0.3, 0.4) is 0 Å². The molecular weight excluding hydrogens is 344 g/mol. The van der Waals surface area contributed by atoms with E-state index in [2.05, 4.69) is 25.3 Å². The number of fused-ring (bicyclic) bond motifs is 1. The molecule has 2 aliphatic rings. The van der Waals surface area contributed by atoms with Gasteiger partial charge in [-0.15, -0.1) is 25.5 Å². The van der Waals surface area contributed by atoms with Crippen LogP contribution < -0.4 is 4.90 Å². The number of hydrogen-bond donors (Lipinski definition) is 0. The van der Waals surface area contributed by atoms with E-state index in [-0.39, 0.29) is 0 Å². The van der Waals surface area contributed by atoms with Gasteiger partial charge in [-0.3, -0.25) is 4.90 Å². The number of hydrogen-bond acceptors (Lipinski definition) is 8. The monoisotopic (exact) mass is 368 g/mol. The van der Waals surface area contributed by atoms with Crippen LogP contribution in [0.25, 0.3) is 5.65 Å². The van der Waals surface area contributed by atoms with Crippen LogP contribution >= 0.6 is 0 Å². The van der Waals surface area contributed by atoms with Crippen LogP contribution in [-0.2, 0) is 6.54 Å². The quantitative estimate of drug-likeness (QED) is 0.674. The van der Waals surface area contributed by atoms with E-state index in [1.165, 1.54) is 12.8 Å². The Hall–Kier alpha value is -2.55. The normalized spacial score (nSPS) is 19.0. The molecule has 1 saturated heterocycles. The first-order valence-electron chi connectivity index (χ1n) is 9.61. The van der Waals surface area contributed by atoms with Gasteiger partial charge in [0.15, 0.2) is 11.5 Å². The van der Waals surface area contributed by atoms with Crippen molar-refractivity contribution in [1.82, 2.24) is 34.9 Å². The molecule has 3 aromatic heterocycles. The summed E-state index contributed by atoms with van der Waals surface area (Å²) in [5, 5.41) is 21.8. The topological polar surface area (TPSA) is 88.5 Å². The lowest BCUT2D eigenvalue weighted by atomic mass is 9.96. The van der Waals surface area contributed by atoms with Gasteiger partial charge in [0, 0.05) is 25.9 Å². The molecule has 9 nitrogen and oxygen atoms in total. The minimum absolute atomic E-state index is 0.367. The zero-order chi connectivity index (χ0) is 18.4. The van der Waals surface area contributed by atoms with Crippen molar-refractivity contribution in [3.63, 3.8) is 0 Å². The van der Waals surface area contributed by atoms with Gasteiger partial charge in [0.05, 0.1) is 6.54 Å². The molecule has 142 valence electrons. The summed E-state index contributed by atoms with van der Waals surface area (Å²) in [7, 11) is 3.98. The molecule has 1 saturated carbocycles. The SMILES string of the molecule is CN(C)c1ccc2nnc(C3CCN(Cc4nnc(C5CC5)o4)CC3)n2n1. The zero-order valence-corrected chi connectivity index (χ0v) is 15.7. The fourth-order valence-corrected chi connectivity index (χ4v) is 3.66. The highest BCUT2D eigenvalue weighted by Gasteiger charge is 2.30. The molecule has 0 atom stereocenters. The minimum atomic E-state index is 0.367. The molecule has 0 aromatic carbocycles. The van der Waals surface area contributed by atoms with Crippen LogP contribution in [-0.4, -0.2) is 62.1 Å². The van der Waals surface area contributed by atoms with Crippen LogP contribution in [0.2, 0.25) is 0 Å². The molecule has 1 aliphatic carbocycles. The second kappa shape index (κ2) is 6.56. The Kier molecular flexibility index (Phi) is 4.04. The second-order valence-electron chi connectivity index (χ2n) is 7.77. The van der Waals surface area contributed by atoms with Gasteiger partial charge >= 0.3 is 0 Å². The van der Waals surface area contributed by atoms with Crippen LogP contribution in [0, 0.1) is 0 Å². The maximum atomic E-state index is 5.80. The van der Waals surface area contributed by atoms with E-state index in [4.69, 9.17) is 9.52 Å². The van der Waals surface area contributed by atoms with Crippen molar-refractivity contribution < 1.29 is 4.42 Å². The van der Waals surface area contributed by atoms with E-state index in [9.17, 15) is 0 Å². The number of rotatable bonds is 5. The predicted octanol–water partition coefficient (Wildman–Crippen LogP) is 1.83. The molecule has 0 bridgehead atoms. The third kappa shape index (κ3) is 3.27. The van der Waals surface area contributed by atoms with Crippen molar-refractivity contribution in [2.45, 2.75) is 44.1 Å². The molecule has 0 N–H and O–H groups in total. The number of piperidine rings is 1. The highest BCUT2D eigenvalue weighted by molar-refractivity contribution is 5.45. The second-order valence-corrected chi connectivity index (χ2v) is 7.77. The molecule has 0 unspecified atom stereocenters. The van der Waals surface area contributed by atoms with Crippen molar-refractivity contribution >= 4 is 11.5 Å². The molecule has 0 spiro atoms. The molecule has 0 amide bonds. The van der Waals surface area contributed by atoms with E-state index in [0.29, 0.717) is 11.8 Å². The van der Waals surface area contributed by atoms with E-state index in [0.717, 1.165) is 61.5 Å². The Morgan fingerprint density at radius 3 is 2.56 bits per heavy atom. The molecule has 5 rings (SSSR count). The Morgan fingerprint density at radius 1 is 1.00 bits per heavy atom. The fourth-order valence-electron chi connectivity index (χ4n) is 3.66. The van der Waals surface area contributed by atoms with Gasteiger partial charge in [-0.25, -0.2) is 0 Å². The summed E-state index contributed by atoms with van der Waals surface area (Å²) >= 11 is 0. The van der Waals surface area contributed by atoms with Crippen molar-refractivity contribution in [1.29, 1.82) is 0 Å². The number of nitrogens with zero attached hydrogens (tertiary/aromatic N) is 8. The summed E-state index contributed by atoms with van der Waals surface area (Å²) in [5.74, 6) is 4.30. The summed E-state index contributed by atoms with van der Waals surface area (Å²) in [4.78, 5) is 4.37. The lowest BCUT2D eigenvalue weighted by Gasteiger charge is -2.29. The molecule has 9 heteroatoms. The van der Waals surface area contributed by atoms with Crippen molar-refractivity contribution in [3.05, 3.63) is 29.7 Å². The van der Waals surface area contributed by atoms with Crippen LogP contribution in [0.4, 0.5) is 5.82 Å². The van der Waals surface area contributed by atoms with Gasteiger partial charge in [-0.05, 0) is 50.9 Å². The Balaban J connectivity index is 1.25. The van der Waals surface area contributed by atoms with Crippen molar-refractivity contribution in [2.75, 3.05) is 32.1 Å². The summed E-state index contributed by atoms with van der Waals surface area (Å²) in [5.41, 5.74) is 0.802. The maximum Gasteiger partial charge on any atom is 0.230 e. The van der Waals surface area contributed by atoms with E-state index < -0.39 is 0 Å². The van der Waals surface area contributed by atoms with Crippen LogP contribution in [0.1, 0.15) is 55.1 Å². The smallest absolute Gasteiger partial charge is 0.230 e. The summed E-state index contributed by atoms with van der Waals surface area (Å²) in [6.07, 6.45) is 4.42. The van der Waals surface area contributed by atoms with Gasteiger partial charge in [-0.2, -0.15) is 4.52 Å². The summed E-state index contributed by atoms with van der Waals surface area (Å²) in [6, 6.07) is 3.94. The Bertz CT molecular complexity index is 936. The first kappa shape index (κ1) is 16.6. The van der Waals surface area contributed by atoms with Gasteiger partial charge < -0.3 is 9.32 Å². The molecule has 2 fully saturated rings. The van der Waals surface area contributed by atoms with E-state index in [1.54, 1.807) is 0 Å². The molecule has 27 heavy (non-hydrogen) atoms. The van der Waals surface area contributed by atoms with Crippen molar-refractivity contribution in [3.8, 4) is 0 Å². The number of anilines is 1. The zero-order valence-electron chi connectivity index (χ0n) is 15.7. The van der Waals surface area contributed by atoms with Gasteiger partial charge in [0.1, 0.15) is 5.82 Å². The van der Waals surface area contributed by atoms with E-state index >= 15 is 0 Å². The average molecular weight is 368 g/mol. The molecular formula is C18H24N8O. The lowest BCUT2D eigenvalue weighted by molar-refractivity contribution is 0.183. The summed E-state index contributed by atoms with van der Waals surface area (Å²) in [6.45, 7) is 2.69. The third-order valence-corrected chi connectivity index (χ3v) is 5.45. The van der Waals surface area contributed by atoms with Crippen LogP contribution in [0.15, 0.2) is 16.5 Å². The van der Waals surface area contributed by atoms with Crippen molar-refractivity contribution in [2.24, 2.45) is 0 Å². The number of likely N-dealkylation sites (tertiary alicyclic amines) is 1. The lowest BCUT2D eigenvalue weighted by Crippen LogP contribution is -2.33. The highest BCUT2D eigenvalue weighted by Crippen LogP contribution is 2.39. The molecule has 0 radical (unpaired) electrons. The summed E-state index contributed by atoms with van der Waals surface area (Å²) < 4.78 is 7.70. The largest absolute Gasteiger partial charge is 0.424 e. The Morgan fingerprint density at radius 2 is 1.81 bits per heavy atom. The average Bonchev–Trinajstić information content (AvgIpc) is 3.28. The first-order valence-corrected chi connectivity index (χ1v) is 9.61. The standard InChI is InChI=1S/C18H24N8O/c1-24(2)15-6-5-14-19-21-17(26(14)23-15)12-7-9-25(10-8-12)11-16-20-22-18(27-16)13-3-4-13/h5-6,12-13H,3-4,7-11H2,1-2H3. The first-order chi connectivity index (χ1) is 13.2. The third-order valence-electron chi connectivity index (χ3n) is 5.45. The van der Waals surface area contributed by atoms with Gasteiger partial charge in [-0.1, -0.05) is 0 Å². The fraction of sp³-hybridized carbons (Fsp3) is 0.611. The maximum absolute atomic E-state index is 5.80. The van der Waals surface area contributed by atoms with Crippen LogP contribution in [0.5, 0.6) is 0 Å². The van der Waals surface area contributed by atoms with Gasteiger partial charge in [0.25, 0.3) is 0 Å². The van der Waals surface area contributed by atoms with E-state index in [1.807, 2.05) is 35.6 Å².